The molecule has 0 saturated heterocycles. The monoisotopic (exact) mass is 475 g/mol. The van der Waals surface area contributed by atoms with Crippen molar-refractivity contribution in [2.24, 2.45) is 0 Å². The Morgan fingerprint density at radius 2 is 1.69 bits per heavy atom. The molecule has 35 heavy (non-hydrogen) atoms. The lowest BCUT2D eigenvalue weighted by atomic mass is 10.1. The van der Waals surface area contributed by atoms with E-state index in [1.54, 1.807) is 43.1 Å². The molecular weight excluding hydrogens is 454 g/mol. The van der Waals surface area contributed by atoms with Crippen LogP contribution in [0.15, 0.2) is 60.8 Å². The van der Waals surface area contributed by atoms with Gasteiger partial charge in [-0.2, -0.15) is 5.10 Å². The molecule has 2 aromatic heterocycles. The molecule has 0 radical (unpaired) electrons. The molecule has 0 aliphatic carbocycles. The van der Waals surface area contributed by atoms with Crippen molar-refractivity contribution in [2.45, 2.75) is 0 Å². The van der Waals surface area contributed by atoms with Gasteiger partial charge in [-0.3, -0.25) is 14.4 Å². The van der Waals surface area contributed by atoms with E-state index in [0.717, 1.165) is 5.56 Å². The fourth-order valence-corrected chi connectivity index (χ4v) is 3.38. The number of carboxylic acids is 1. The molecule has 2 amide bonds. The first-order valence-electron chi connectivity index (χ1n) is 10.4. The Kier molecular flexibility index (Phi) is 6.58. The second kappa shape index (κ2) is 9.91. The van der Waals surface area contributed by atoms with Crippen LogP contribution < -0.4 is 20.1 Å². The summed E-state index contributed by atoms with van der Waals surface area (Å²) < 4.78 is 12.2. The third-order valence-corrected chi connectivity index (χ3v) is 5.08. The number of ether oxygens (including phenoxy) is 2. The van der Waals surface area contributed by atoms with E-state index in [0.29, 0.717) is 28.5 Å². The Balaban J connectivity index is 1.55. The van der Waals surface area contributed by atoms with E-state index in [4.69, 9.17) is 14.6 Å². The number of fused-ring (bicyclic) bond motifs is 1. The Labute approximate surface area is 199 Å². The van der Waals surface area contributed by atoms with Crippen LogP contribution in [-0.2, 0) is 4.79 Å². The van der Waals surface area contributed by atoms with Crippen molar-refractivity contribution in [3.63, 3.8) is 0 Å². The summed E-state index contributed by atoms with van der Waals surface area (Å²) in [7, 11) is 3.11. The van der Waals surface area contributed by atoms with Gasteiger partial charge in [0.1, 0.15) is 6.54 Å². The van der Waals surface area contributed by atoms with E-state index >= 15 is 0 Å². The molecule has 0 atom stereocenters. The Morgan fingerprint density at radius 1 is 0.943 bits per heavy atom. The number of methoxy groups -OCH3 is 2. The maximum atomic E-state index is 12.8. The van der Waals surface area contributed by atoms with Crippen LogP contribution in [0.1, 0.15) is 20.8 Å². The number of anilines is 1. The number of amides is 2. The fraction of sp³-hybridized carbons (Fsp3) is 0.125. The predicted octanol–water partition coefficient (Wildman–Crippen LogP) is 2.48. The van der Waals surface area contributed by atoms with Crippen molar-refractivity contribution < 1.29 is 29.0 Å². The van der Waals surface area contributed by atoms with E-state index in [-0.39, 0.29) is 11.3 Å². The summed E-state index contributed by atoms with van der Waals surface area (Å²) in [5, 5.41) is 18.1. The molecule has 0 aliphatic heterocycles. The number of aromatic nitrogens is 3. The molecule has 0 fully saturated rings. The number of carboxylic acid groups (broad SMARTS) is 1. The average Bonchev–Trinajstić information content (AvgIpc) is 3.32. The predicted molar refractivity (Wildman–Crippen MR) is 126 cm³/mol. The molecule has 0 spiro atoms. The third kappa shape index (κ3) is 5.03. The molecule has 4 aromatic rings. The highest BCUT2D eigenvalue weighted by Crippen LogP contribution is 2.32. The van der Waals surface area contributed by atoms with E-state index in [9.17, 15) is 14.4 Å². The number of benzene rings is 2. The van der Waals surface area contributed by atoms with Crippen molar-refractivity contribution in [3.8, 4) is 22.8 Å². The molecule has 3 N–H and O–H groups in total. The van der Waals surface area contributed by atoms with Crippen molar-refractivity contribution in [3.05, 3.63) is 72.1 Å². The summed E-state index contributed by atoms with van der Waals surface area (Å²) in [5.74, 6) is -0.984. The van der Waals surface area contributed by atoms with E-state index in [2.05, 4.69) is 20.7 Å². The molecule has 11 nitrogen and oxygen atoms in total. The van der Waals surface area contributed by atoms with Gasteiger partial charge in [0.15, 0.2) is 22.8 Å². The zero-order valence-electron chi connectivity index (χ0n) is 18.8. The van der Waals surface area contributed by atoms with Crippen molar-refractivity contribution in [1.82, 2.24) is 19.9 Å². The van der Waals surface area contributed by atoms with Gasteiger partial charge in [0.05, 0.1) is 19.9 Å². The van der Waals surface area contributed by atoms with Gasteiger partial charge in [0.25, 0.3) is 11.8 Å². The molecule has 2 aromatic carbocycles. The summed E-state index contributed by atoms with van der Waals surface area (Å²) in [6.45, 7) is -0.482. The minimum Gasteiger partial charge on any atom is -0.493 e. The van der Waals surface area contributed by atoms with Gasteiger partial charge >= 0.3 is 5.97 Å². The number of carbonyl (C=O) groups excluding carboxylic acids is 2. The number of nitrogens with zero attached hydrogens (tertiary/aromatic N) is 3. The summed E-state index contributed by atoms with van der Waals surface area (Å²) in [6.07, 6.45) is 1.62. The molecule has 2 heterocycles. The van der Waals surface area contributed by atoms with Crippen LogP contribution in [-0.4, -0.2) is 58.3 Å². The van der Waals surface area contributed by atoms with Crippen LogP contribution in [0.5, 0.6) is 11.5 Å². The lowest BCUT2D eigenvalue weighted by molar-refractivity contribution is -0.135. The topological polar surface area (TPSA) is 144 Å². The SMILES string of the molecule is COc1ccc(-c2ccnc3cc(C(=O)Nc4ccc(C(=O)NCC(=O)O)cc4)nn23)cc1OC. The summed E-state index contributed by atoms with van der Waals surface area (Å²) >= 11 is 0. The normalized spacial score (nSPS) is 10.6. The van der Waals surface area contributed by atoms with Gasteiger partial charge in [0, 0.05) is 29.1 Å². The van der Waals surface area contributed by atoms with Crippen molar-refractivity contribution in [1.29, 1.82) is 0 Å². The van der Waals surface area contributed by atoms with Crippen LogP contribution in [0.25, 0.3) is 16.9 Å². The zero-order chi connectivity index (χ0) is 24.9. The number of nitrogens with one attached hydrogen (secondary N) is 2. The average molecular weight is 475 g/mol. The second-order valence-corrected chi connectivity index (χ2v) is 7.31. The summed E-state index contributed by atoms with van der Waals surface area (Å²) in [5.41, 5.74) is 2.82. The lowest BCUT2D eigenvalue weighted by Crippen LogP contribution is -2.29. The van der Waals surface area contributed by atoms with E-state index in [1.807, 2.05) is 12.1 Å². The number of rotatable bonds is 8. The molecular formula is C24H21N5O6. The highest BCUT2D eigenvalue weighted by molar-refractivity contribution is 6.04. The van der Waals surface area contributed by atoms with Crippen LogP contribution in [0.4, 0.5) is 5.69 Å². The van der Waals surface area contributed by atoms with Crippen LogP contribution in [0, 0.1) is 0 Å². The van der Waals surface area contributed by atoms with Gasteiger partial charge < -0.3 is 25.2 Å². The van der Waals surface area contributed by atoms with Crippen LogP contribution in [0.2, 0.25) is 0 Å². The molecule has 178 valence electrons. The standard InChI is InChI=1S/C24H21N5O6/c1-34-19-8-5-15(11-20(19)35-2)18-9-10-25-21-12-17(28-29(18)21)24(33)27-16-6-3-14(4-7-16)23(32)26-13-22(30)31/h3-12H,13H2,1-2H3,(H,26,32)(H,27,33)(H,30,31). The first kappa shape index (κ1) is 23.2. The highest BCUT2D eigenvalue weighted by atomic mass is 16.5. The minimum absolute atomic E-state index is 0.147. The van der Waals surface area contributed by atoms with Gasteiger partial charge in [-0.25, -0.2) is 9.50 Å². The number of carbonyl (C=O) groups is 3. The molecule has 4 rings (SSSR count). The maximum Gasteiger partial charge on any atom is 0.322 e. The molecule has 0 saturated carbocycles. The molecule has 0 bridgehead atoms. The highest BCUT2D eigenvalue weighted by Gasteiger charge is 2.16. The molecule has 11 heteroatoms. The van der Waals surface area contributed by atoms with Crippen LogP contribution in [0.3, 0.4) is 0 Å². The minimum atomic E-state index is -1.14. The fourth-order valence-electron chi connectivity index (χ4n) is 3.38. The van der Waals surface area contributed by atoms with Crippen molar-refractivity contribution in [2.75, 3.05) is 26.1 Å². The number of hydrogen-bond donors (Lipinski definition) is 3. The lowest BCUT2D eigenvalue weighted by Gasteiger charge is -2.10. The van der Waals surface area contributed by atoms with Crippen LogP contribution >= 0.6 is 0 Å². The summed E-state index contributed by atoms with van der Waals surface area (Å²) in [6, 6.07) is 14.8. The van der Waals surface area contributed by atoms with Gasteiger partial charge in [-0.05, 0) is 48.5 Å². The van der Waals surface area contributed by atoms with Gasteiger partial charge in [0.2, 0.25) is 0 Å². The maximum absolute atomic E-state index is 12.8. The Bertz CT molecular complexity index is 1410. The number of hydrogen-bond acceptors (Lipinski definition) is 7. The quantitative estimate of drug-likeness (QED) is 0.353. The zero-order valence-corrected chi connectivity index (χ0v) is 18.8. The van der Waals surface area contributed by atoms with Gasteiger partial charge in [-0.15, -0.1) is 0 Å². The molecule has 0 aliphatic rings. The largest absolute Gasteiger partial charge is 0.493 e. The first-order chi connectivity index (χ1) is 16.9. The third-order valence-electron chi connectivity index (χ3n) is 5.08. The first-order valence-corrected chi connectivity index (χ1v) is 10.4. The number of aliphatic carboxylic acids is 1. The smallest absolute Gasteiger partial charge is 0.322 e. The van der Waals surface area contributed by atoms with Crippen molar-refractivity contribution >= 4 is 29.1 Å². The van der Waals surface area contributed by atoms with E-state index in [1.165, 1.54) is 24.3 Å². The molecule has 0 unspecified atom stereocenters. The van der Waals surface area contributed by atoms with Gasteiger partial charge in [-0.1, -0.05) is 0 Å². The summed E-state index contributed by atoms with van der Waals surface area (Å²) in [4.78, 5) is 39.6. The Morgan fingerprint density at radius 3 is 2.37 bits per heavy atom. The van der Waals surface area contributed by atoms with E-state index < -0.39 is 24.3 Å². The second-order valence-electron chi connectivity index (χ2n) is 7.31. The Hall–Kier alpha value is -4.93.